The van der Waals surface area contributed by atoms with Gasteiger partial charge in [-0.25, -0.2) is 0 Å². The number of ether oxygens (including phenoxy) is 1. The van der Waals surface area contributed by atoms with Gasteiger partial charge in [-0.3, -0.25) is 4.79 Å². The van der Waals surface area contributed by atoms with E-state index in [2.05, 4.69) is 19.9 Å². The second kappa shape index (κ2) is 8.18. The van der Waals surface area contributed by atoms with Crippen molar-refractivity contribution in [3.63, 3.8) is 0 Å². The molecule has 1 aliphatic heterocycles. The minimum atomic E-state index is 0.184. The molecule has 0 bridgehead atoms. The van der Waals surface area contributed by atoms with Gasteiger partial charge in [0, 0.05) is 25.3 Å². The Kier molecular flexibility index (Phi) is 6.24. The number of rotatable bonds is 5. The first-order valence-corrected chi connectivity index (χ1v) is 8.25. The van der Waals surface area contributed by atoms with Crippen LogP contribution in [-0.4, -0.2) is 36.6 Å². The van der Waals surface area contributed by atoms with Crippen LogP contribution in [0.4, 0.5) is 0 Å². The number of aryl methyl sites for hydroxylation is 1. The number of likely N-dealkylation sites (tertiary alicyclic amines) is 1. The van der Waals surface area contributed by atoms with Crippen molar-refractivity contribution >= 4 is 5.91 Å². The van der Waals surface area contributed by atoms with Crippen LogP contribution in [0.25, 0.3) is 0 Å². The fourth-order valence-corrected chi connectivity index (χ4v) is 2.93. The van der Waals surface area contributed by atoms with Crippen LogP contribution in [0.3, 0.4) is 0 Å². The third-order valence-electron chi connectivity index (χ3n) is 4.15. The minimum Gasteiger partial charge on any atom is -0.378 e. The van der Waals surface area contributed by atoms with Crippen LogP contribution in [0.2, 0.25) is 0 Å². The number of nitrogens with zero attached hydrogens (tertiary/aromatic N) is 1. The summed E-state index contributed by atoms with van der Waals surface area (Å²) >= 11 is 0. The highest BCUT2D eigenvalue weighted by molar-refractivity contribution is 5.95. The van der Waals surface area contributed by atoms with Crippen molar-refractivity contribution in [3.05, 3.63) is 35.4 Å². The normalized spacial score (nSPS) is 19.3. The van der Waals surface area contributed by atoms with Gasteiger partial charge in [0.25, 0.3) is 5.91 Å². The highest BCUT2D eigenvalue weighted by atomic mass is 16.5. The Morgan fingerprint density at radius 2 is 2.05 bits per heavy atom. The molecule has 0 radical (unpaired) electrons. The Hall–Kier alpha value is -1.35. The smallest absolute Gasteiger partial charge is 0.254 e. The van der Waals surface area contributed by atoms with E-state index in [1.54, 1.807) is 0 Å². The summed E-state index contributed by atoms with van der Waals surface area (Å²) in [5.74, 6) is 0.184. The van der Waals surface area contributed by atoms with Crippen LogP contribution in [0.1, 0.15) is 55.5 Å². The van der Waals surface area contributed by atoms with Gasteiger partial charge in [-0.1, -0.05) is 32.0 Å². The summed E-state index contributed by atoms with van der Waals surface area (Å²) in [5.41, 5.74) is 2.01. The average molecular weight is 289 g/mol. The van der Waals surface area contributed by atoms with Crippen molar-refractivity contribution in [1.82, 2.24) is 4.90 Å². The Balaban J connectivity index is 2.00. The molecule has 0 aliphatic carbocycles. The number of hydrogen-bond donors (Lipinski definition) is 0. The van der Waals surface area contributed by atoms with E-state index in [0.717, 1.165) is 62.9 Å². The Labute approximate surface area is 128 Å². The van der Waals surface area contributed by atoms with Crippen molar-refractivity contribution in [3.8, 4) is 0 Å². The molecule has 2 rings (SSSR count). The van der Waals surface area contributed by atoms with E-state index < -0.39 is 0 Å². The first kappa shape index (κ1) is 16.0. The van der Waals surface area contributed by atoms with Crippen LogP contribution in [-0.2, 0) is 11.2 Å². The van der Waals surface area contributed by atoms with Gasteiger partial charge in [-0.2, -0.15) is 0 Å². The lowest BCUT2D eigenvalue weighted by Gasteiger charge is -2.22. The van der Waals surface area contributed by atoms with Crippen molar-refractivity contribution in [2.24, 2.45) is 0 Å². The molecule has 1 aliphatic rings. The molecule has 0 saturated carbocycles. The molecule has 3 heteroatoms. The van der Waals surface area contributed by atoms with E-state index >= 15 is 0 Å². The lowest BCUT2D eigenvalue weighted by molar-refractivity contribution is 0.0432. The highest BCUT2D eigenvalue weighted by Gasteiger charge is 2.22. The maximum absolute atomic E-state index is 12.7. The van der Waals surface area contributed by atoms with Crippen molar-refractivity contribution < 1.29 is 9.53 Å². The van der Waals surface area contributed by atoms with Gasteiger partial charge in [-0.15, -0.1) is 0 Å². The average Bonchev–Trinajstić information content (AvgIpc) is 2.77. The third-order valence-corrected chi connectivity index (χ3v) is 4.15. The zero-order valence-corrected chi connectivity index (χ0v) is 13.3. The largest absolute Gasteiger partial charge is 0.378 e. The Morgan fingerprint density at radius 3 is 2.81 bits per heavy atom. The zero-order chi connectivity index (χ0) is 15.1. The number of carbonyl (C=O) groups excluding carboxylic acids is 1. The maximum atomic E-state index is 12.7. The van der Waals surface area contributed by atoms with Gasteiger partial charge in [0.1, 0.15) is 0 Å². The van der Waals surface area contributed by atoms with Crippen LogP contribution in [0.5, 0.6) is 0 Å². The van der Waals surface area contributed by atoms with Gasteiger partial charge < -0.3 is 9.64 Å². The quantitative estimate of drug-likeness (QED) is 0.827. The summed E-state index contributed by atoms with van der Waals surface area (Å²) in [6.45, 7) is 6.72. The minimum absolute atomic E-state index is 0.184. The third kappa shape index (κ3) is 4.31. The molecule has 116 valence electrons. The van der Waals surface area contributed by atoms with Crippen LogP contribution < -0.4 is 0 Å². The first-order chi connectivity index (χ1) is 10.3. The van der Waals surface area contributed by atoms with E-state index in [-0.39, 0.29) is 5.91 Å². The van der Waals surface area contributed by atoms with Gasteiger partial charge in [0.15, 0.2) is 0 Å². The monoisotopic (exact) mass is 289 g/mol. The first-order valence-electron chi connectivity index (χ1n) is 8.25. The summed E-state index contributed by atoms with van der Waals surface area (Å²) in [4.78, 5) is 14.7. The van der Waals surface area contributed by atoms with E-state index in [9.17, 15) is 4.79 Å². The molecule has 0 aromatic heterocycles. The molecule has 1 fully saturated rings. The number of hydrogen-bond acceptors (Lipinski definition) is 2. The summed E-state index contributed by atoms with van der Waals surface area (Å²) in [7, 11) is 0. The highest BCUT2D eigenvalue weighted by Crippen LogP contribution is 2.18. The van der Waals surface area contributed by atoms with Crippen LogP contribution >= 0.6 is 0 Å². The predicted octanol–water partition coefficient (Wildman–Crippen LogP) is 3.67. The van der Waals surface area contributed by atoms with E-state index in [0.29, 0.717) is 6.10 Å². The molecule has 3 nitrogen and oxygen atoms in total. The molecular weight excluding hydrogens is 262 g/mol. The summed E-state index contributed by atoms with van der Waals surface area (Å²) in [5, 5.41) is 0. The molecule has 21 heavy (non-hydrogen) atoms. The SMILES string of the molecule is CCCO[C@@H]1CCCN(C(=O)c2ccccc2CC)CC1. The Morgan fingerprint density at radius 1 is 1.24 bits per heavy atom. The molecule has 1 saturated heterocycles. The number of carbonyl (C=O) groups is 1. The van der Waals surface area contributed by atoms with Crippen molar-refractivity contribution in [1.29, 1.82) is 0 Å². The second-order valence-corrected chi connectivity index (χ2v) is 5.73. The maximum Gasteiger partial charge on any atom is 0.254 e. The summed E-state index contributed by atoms with van der Waals surface area (Å²) in [6.07, 6.45) is 5.35. The number of amides is 1. The fraction of sp³-hybridized carbons (Fsp3) is 0.611. The lowest BCUT2D eigenvalue weighted by atomic mass is 10.0. The van der Waals surface area contributed by atoms with E-state index in [1.807, 2.05) is 23.1 Å². The van der Waals surface area contributed by atoms with Crippen molar-refractivity contribution in [2.45, 2.75) is 52.1 Å². The van der Waals surface area contributed by atoms with Crippen molar-refractivity contribution in [2.75, 3.05) is 19.7 Å². The lowest BCUT2D eigenvalue weighted by Crippen LogP contribution is -2.33. The standard InChI is InChI=1S/C18H27NO2/c1-3-14-21-16-9-7-12-19(13-11-16)18(20)17-10-6-5-8-15(17)4-2/h5-6,8,10,16H,3-4,7,9,11-14H2,1-2H3/t16-/m1/s1. The van der Waals surface area contributed by atoms with Gasteiger partial charge in [-0.05, 0) is 43.7 Å². The fourth-order valence-electron chi connectivity index (χ4n) is 2.93. The molecule has 0 N–H and O–H groups in total. The second-order valence-electron chi connectivity index (χ2n) is 5.73. The van der Waals surface area contributed by atoms with Gasteiger partial charge in [0.2, 0.25) is 0 Å². The topological polar surface area (TPSA) is 29.5 Å². The molecule has 1 aromatic rings. The van der Waals surface area contributed by atoms with Crippen LogP contribution in [0.15, 0.2) is 24.3 Å². The van der Waals surface area contributed by atoms with Crippen LogP contribution in [0, 0.1) is 0 Å². The summed E-state index contributed by atoms with van der Waals surface area (Å²) in [6, 6.07) is 7.97. The molecule has 0 spiro atoms. The van der Waals surface area contributed by atoms with Gasteiger partial charge in [0.05, 0.1) is 6.10 Å². The van der Waals surface area contributed by atoms with E-state index in [1.165, 1.54) is 0 Å². The molecule has 1 aromatic carbocycles. The molecule has 0 unspecified atom stereocenters. The molecular formula is C18H27NO2. The Bertz CT molecular complexity index is 458. The molecule has 1 atom stereocenters. The number of benzene rings is 1. The molecule has 1 amide bonds. The zero-order valence-electron chi connectivity index (χ0n) is 13.3. The molecule has 1 heterocycles. The van der Waals surface area contributed by atoms with Gasteiger partial charge >= 0.3 is 0 Å². The van der Waals surface area contributed by atoms with E-state index in [4.69, 9.17) is 4.74 Å². The summed E-state index contributed by atoms with van der Waals surface area (Å²) < 4.78 is 5.85. The predicted molar refractivity (Wildman–Crippen MR) is 85.6 cm³/mol.